The molecule has 2 aliphatic heterocycles. The largest absolute Gasteiger partial charge is 0.381 e. The SMILES string of the molecule is CN=C(NCCCOCC1CCOCC1)NCCCN1CCN(c2ccccc2)CC1.I. The Kier molecular flexibility index (Phi) is 14.0. The van der Waals surface area contributed by atoms with Gasteiger partial charge in [0.05, 0.1) is 0 Å². The molecule has 8 heteroatoms. The molecule has 7 nitrogen and oxygen atoms in total. The Morgan fingerprint density at radius 1 is 1.03 bits per heavy atom. The number of halogens is 1. The lowest BCUT2D eigenvalue weighted by Gasteiger charge is -2.36. The third-order valence-electron chi connectivity index (χ3n) is 6.11. The van der Waals surface area contributed by atoms with Crippen molar-refractivity contribution in [1.82, 2.24) is 15.5 Å². The number of hydrogen-bond acceptors (Lipinski definition) is 5. The maximum atomic E-state index is 5.83. The molecular weight excluding hydrogens is 517 g/mol. The van der Waals surface area contributed by atoms with E-state index in [4.69, 9.17) is 9.47 Å². The summed E-state index contributed by atoms with van der Waals surface area (Å²) in [6.07, 6.45) is 4.39. The molecule has 3 rings (SSSR count). The zero-order valence-electron chi connectivity index (χ0n) is 19.6. The smallest absolute Gasteiger partial charge is 0.190 e. The molecule has 0 spiro atoms. The van der Waals surface area contributed by atoms with Crippen LogP contribution in [0.3, 0.4) is 0 Å². The molecule has 0 amide bonds. The van der Waals surface area contributed by atoms with Crippen LogP contribution in [0.2, 0.25) is 0 Å². The van der Waals surface area contributed by atoms with E-state index >= 15 is 0 Å². The van der Waals surface area contributed by atoms with E-state index in [-0.39, 0.29) is 24.0 Å². The Morgan fingerprint density at radius 3 is 2.41 bits per heavy atom. The minimum atomic E-state index is 0. The topological polar surface area (TPSA) is 61.4 Å². The van der Waals surface area contributed by atoms with E-state index in [1.165, 1.54) is 5.69 Å². The summed E-state index contributed by atoms with van der Waals surface area (Å²) in [6.45, 7) is 10.9. The number of aliphatic imine (C=N–C) groups is 1. The van der Waals surface area contributed by atoms with E-state index in [0.717, 1.165) is 104 Å². The first kappa shape index (κ1) is 27.1. The molecule has 2 heterocycles. The molecule has 2 fully saturated rings. The number of nitrogens with one attached hydrogen (secondary N) is 2. The van der Waals surface area contributed by atoms with Crippen LogP contribution < -0.4 is 15.5 Å². The lowest BCUT2D eigenvalue weighted by Crippen LogP contribution is -2.47. The van der Waals surface area contributed by atoms with Crippen molar-refractivity contribution in [2.45, 2.75) is 25.7 Å². The van der Waals surface area contributed by atoms with Gasteiger partial charge in [-0.2, -0.15) is 0 Å². The summed E-state index contributed by atoms with van der Waals surface area (Å²) < 4.78 is 11.2. The highest BCUT2D eigenvalue weighted by atomic mass is 127. The highest BCUT2D eigenvalue weighted by molar-refractivity contribution is 14.0. The predicted octanol–water partition coefficient (Wildman–Crippen LogP) is 2.82. The van der Waals surface area contributed by atoms with E-state index in [1.54, 1.807) is 0 Å². The molecular formula is C24H42IN5O2. The van der Waals surface area contributed by atoms with Crippen molar-refractivity contribution < 1.29 is 9.47 Å². The van der Waals surface area contributed by atoms with E-state index < -0.39 is 0 Å². The summed E-state index contributed by atoms with van der Waals surface area (Å²) in [5.74, 6) is 1.57. The van der Waals surface area contributed by atoms with Gasteiger partial charge in [0.1, 0.15) is 0 Å². The fourth-order valence-electron chi connectivity index (χ4n) is 4.14. The van der Waals surface area contributed by atoms with E-state index in [9.17, 15) is 0 Å². The number of para-hydroxylation sites is 1. The number of piperazine rings is 1. The Hall–Kier alpha value is -1.10. The Morgan fingerprint density at radius 2 is 1.72 bits per heavy atom. The summed E-state index contributed by atoms with van der Waals surface area (Å²) in [5.41, 5.74) is 1.34. The van der Waals surface area contributed by atoms with Crippen LogP contribution in [0.1, 0.15) is 25.7 Å². The number of nitrogens with zero attached hydrogens (tertiary/aromatic N) is 3. The second kappa shape index (κ2) is 16.5. The van der Waals surface area contributed by atoms with Gasteiger partial charge < -0.3 is 25.0 Å². The normalized spacial score (nSPS) is 18.3. The number of benzene rings is 1. The third-order valence-corrected chi connectivity index (χ3v) is 6.11. The molecule has 1 aromatic carbocycles. The second-order valence-electron chi connectivity index (χ2n) is 8.43. The van der Waals surface area contributed by atoms with Gasteiger partial charge in [-0.05, 0) is 50.3 Å². The third kappa shape index (κ3) is 10.2. The fourth-order valence-corrected chi connectivity index (χ4v) is 4.14. The van der Waals surface area contributed by atoms with Crippen LogP contribution in [0.5, 0.6) is 0 Å². The Balaban J connectivity index is 0.00000363. The van der Waals surface area contributed by atoms with Crippen molar-refractivity contribution in [3.8, 4) is 0 Å². The Labute approximate surface area is 211 Å². The molecule has 32 heavy (non-hydrogen) atoms. The van der Waals surface area contributed by atoms with Crippen molar-refractivity contribution >= 4 is 35.6 Å². The summed E-state index contributed by atoms with van der Waals surface area (Å²) in [4.78, 5) is 9.37. The molecule has 0 radical (unpaired) electrons. The summed E-state index contributed by atoms with van der Waals surface area (Å²) >= 11 is 0. The minimum absolute atomic E-state index is 0. The second-order valence-corrected chi connectivity index (χ2v) is 8.43. The van der Waals surface area contributed by atoms with Gasteiger partial charge in [-0.25, -0.2) is 0 Å². The van der Waals surface area contributed by atoms with Crippen LogP contribution >= 0.6 is 24.0 Å². The highest BCUT2D eigenvalue weighted by Crippen LogP contribution is 2.16. The molecule has 0 bridgehead atoms. The zero-order chi connectivity index (χ0) is 21.6. The van der Waals surface area contributed by atoms with Gasteiger partial charge >= 0.3 is 0 Å². The number of rotatable bonds is 11. The first-order valence-electron chi connectivity index (χ1n) is 12.0. The van der Waals surface area contributed by atoms with Crippen molar-refractivity contribution in [3.63, 3.8) is 0 Å². The van der Waals surface area contributed by atoms with Gasteiger partial charge in [0.25, 0.3) is 0 Å². The molecule has 0 unspecified atom stereocenters. The van der Waals surface area contributed by atoms with E-state index in [0.29, 0.717) is 5.92 Å². The quantitative estimate of drug-likeness (QED) is 0.188. The van der Waals surface area contributed by atoms with Crippen molar-refractivity contribution in [2.24, 2.45) is 10.9 Å². The number of anilines is 1. The zero-order valence-corrected chi connectivity index (χ0v) is 22.0. The van der Waals surface area contributed by atoms with Crippen LogP contribution in [0.4, 0.5) is 5.69 Å². The summed E-state index contributed by atoms with van der Waals surface area (Å²) in [7, 11) is 1.83. The molecule has 1 aromatic rings. The maximum absolute atomic E-state index is 5.83. The summed E-state index contributed by atoms with van der Waals surface area (Å²) in [6, 6.07) is 10.7. The van der Waals surface area contributed by atoms with Crippen LogP contribution in [-0.2, 0) is 9.47 Å². The number of ether oxygens (including phenoxy) is 2. The van der Waals surface area contributed by atoms with Gasteiger partial charge in [0.2, 0.25) is 0 Å². The minimum Gasteiger partial charge on any atom is -0.381 e. The molecule has 2 saturated heterocycles. The van der Waals surface area contributed by atoms with Crippen molar-refractivity contribution in [1.29, 1.82) is 0 Å². The first-order valence-corrected chi connectivity index (χ1v) is 12.0. The van der Waals surface area contributed by atoms with Gasteiger partial charge in [-0.1, -0.05) is 18.2 Å². The van der Waals surface area contributed by atoms with Crippen LogP contribution in [-0.4, -0.2) is 90.1 Å². The lowest BCUT2D eigenvalue weighted by molar-refractivity contribution is 0.0203. The van der Waals surface area contributed by atoms with Gasteiger partial charge in [0.15, 0.2) is 5.96 Å². The van der Waals surface area contributed by atoms with Gasteiger partial charge in [-0.15, -0.1) is 24.0 Å². The van der Waals surface area contributed by atoms with Crippen molar-refractivity contribution in [2.75, 3.05) is 84.2 Å². The van der Waals surface area contributed by atoms with Crippen LogP contribution in [0.25, 0.3) is 0 Å². The van der Waals surface area contributed by atoms with Crippen LogP contribution in [0, 0.1) is 5.92 Å². The average Bonchev–Trinajstić information content (AvgIpc) is 2.84. The number of guanidine groups is 1. The summed E-state index contributed by atoms with van der Waals surface area (Å²) in [5, 5.41) is 6.82. The average molecular weight is 560 g/mol. The first-order chi connectivity index (χ1) is 15.3. The molecule has 0 saturated carbocycles. The monoisotopic (exact) mass is 559 g/mol. The number of hydrogen-bond donors (Lipinski definition) is 2. The van der Waals surface area contributed by atoms with Gasteiger partial charge in [-0.3, -0.25) is 9.89 Å². The highest BCUT2D eigenvalue weighted by Gasteiger charge is 2.16. The van der Waals surface area contributed by atoms with E-state index in [1.807, 2.05) is 7.05 Å². The molecule has 0 aromatic heterocycles. The molecule has 0 aliphatic carbocycles. The van der Waals surface area contributed by atoms with Gasteiger partial charge in [0, 0.05) is 78.4 Å². The molecule has 2 aliphatic rings. The van der Waals surface area contributed by atoms with Crippen LogP contribution in [0.15, 0.2) is 35.3 Å². The molecule has 2 N–H and O–H groups in total. The maximum Gasteiger partial charge on any atom is 0.190 e. The molecule has 0 atom stereocenters. The Bertz CT molecular complexity index is 620. The molecule has 182 valence electrons. The predicted molar refractivity (Wildman–Crippen MR) is 143 cm³/mol. The standard InChI is InChI=1S/C24H41N5O2.HI/c1-25-24(27-12-6-18-31-21-22-9-19-30-20-10-22)26-11-5-13-28-14-16-29(17-15-28)23-7-3-2-4-8-23;/h2-4,7-8,22H,5-6,9-21H2,1H3,(H2,25,26,27);1H. The fraction of sp³-hybridized carbons (Fsp3) is 0.708. The lowest BCUT2D eigenvalue weighted by atomic mass is 10.0. The van der Waals surface area contributed by atoms with E-state index in [2.05, 4.69) is 55.8 Å². The van der Waals surface area contributed by atoms with Crippen molar-refractivity contribution in [3.05, 3.63) is 30.3 Å².